The van der Waals surface area contributed by atoms with Gasteiger partial charge in [0.2, 0.25) is 0 Å². The molecule has 0 saturated carbocycles. The van der Waals surface area contributed by atoms with Gasteiger partial charge in [0.15, 0.2) is 0 Å². The van der Waals surface area contributed by atoms with E-state index in [-0.39, 0.29) is 19.0 Å². The molecule has 130 valence electrons. The molecule has 0 saturated heterocycles. The molecule has 0 aliphatic heterocycles. The average molecular weight is 338 g/mol. The second-order valence-electron chi connectivity index (χ2n) is 5.95. The van der Waals surface area contributed by atoms with Gasteiger partial charge in [-0.25, -0.2) is 0 Å². The van der Waals surface area contributed by atoms with Crippen LogP contribution in [0.1, 0.15) is 17.5 Å². The van der Waals surface area contributed by atoms with Gasteiger partial charge >= 0.3 is 5.97 Å². The number of carbonyl (C=O) groups is 1. The smallest absolute Gasteiger partial charge is 0.317 e. The van der Waals surface area contributed by atoms with Crippen molar-refractivity contribution in [3.05, 3.63) is 65.7 Å². The van der Waals surface area contributed by atoms with Crippen molar-refractivity contribution in [3.63, 3.8) is 0 Å². The summed E-state index contributed by atoms with van der Waals surface area (Å²) in [4.78, 5) is 12.6. The van der Waals surface area contributed by atoms with Gasteiger partial charge in [-0.05, 0) is 36.7 Å². The molecule has 0 fully saturated rings. The molecule has 0 amide bonds. The summed E-state index contributed by atoms with van der Waals surface area (Å²) in [5.74, 6) is -0.113. The molecular formula is C20H22N2O3. The van der Waals surface area contributed by atoms with Crippen molar-refractivity contribution in [2.75, 3.05) is 13.6 Å². The highest BCUT2D eigenvalue weighted by atomic mass is 16.5. The maximum Gasteiger partial charge on any atom is 0.317 e. The second-order valence-corrected chi connectivity index (χ2v) is 5.95. The Bertz CT molecular complexity index is 708. The lowest BCUT2D eigenvalue weighted by Gasteiger charge is -2.24. The lowest BCUT2D eigenvalue weighted by atomic mass is 10.0. The number of carboxylic acid groups (broad SMARTS) is 1. The van der Waals surface area contributed by atoms with Crippen molar-refractivity contribution in [2.24, 2.45) is 0 Å². The summed E-state index contributed by atoms with van der Waals surface area (Å²) in [6, 6.07) is 19.7. The fourth-order valence-electron chi connectivity index (χ4n) is 2.57. The normalized spacial score (nSPS) is 11.7. The summed E-state index contributed by atoms with van der Waals surface area (Å²) in [7, 11) is 1.73. The molecule has 1 atom stereocenters. The van der Waals surface area contributed by atoms with Crippen LogP contribution in [0.2, 0.25) is 0 Å². The number of aliphatic carboxylic acids is 1. The molecule has 1 unspecified atom stereocenters. The fraction of sp³-hybridized carbons (Fsp3) is 0.300. The number of likely N-dealkylation sites (N-methyl/N-ethyl adjacent to an activating group) is 1. The number of hydrogen-bond donors (Lipinski definition) is 1. The minimum atomic E-state index is -0.893. The zero-order valence-corrected chi connectivity index (χ0v) is 14.3. The van der Waals surface area contributed by atoms with Crippen LogP contribution in [-0.2, 0) is 17.8 Å². The van der Waals surface area contributed by atoms with Crippen LogP contribution in [0.4, 0.5) is 0 Å². The highest BCUT2D eigenvalue weighted by Gasteiger charge is 2.17. The zero-order chi connectivity index (χ0) is 18.1. The summed E-state index contributed by atoms with van der Waals surface area (Å²) in [6.07, 6.45) is 0.909. The molecule has 0 aliphatic carbocycles. The molecule has 0 spiro atoms. The van der Waals surface area contributed by atoms with Crippen molar-refractivity contribution in [1.82, 2.24) is 4.90 Å². The maximum atomic E-state index is 10.9. The molecule has 5 nitrogen and oxygen atoms in total. The third-order valence-corrected chi connectivity index (χ3v) is 3.98. The van der Waals surface area contributed by atoms with E-state index in [1.54, 1.807) is 11.9 Å². The Kier molecular flexibility index (Phi) is 7.00. The molecule has 0 bridgehead atoms. The Morgan fingerprint density at radius 1 is 1.16 bits per heavy atom. The summed E-state index contributed by atoms with van der Waals surface area (Å²) >= 11 is 0. The number of nitriles is 1. The molecule has 0 aromatic heterocycles. The van der Waals surface area contributed by atoms with E-state index < -0.39 is 5.97 Å². The van der Waals surface area contributed by atoms with Crippen LogP contribution in [0.25, 0.3) is 0 Å². The molecule has 0 radical (unpaired) electrons. The van der Waals surface area contributed by atoms with E-state index >= 15 is 0 Å². The molecule has 5 heteroatoms. The van der Waals surface area contributed by atoms with Crippen LogP contribution in [0.3, 0.4) is 0 Å². The predicted molar refractivity (Wildman–Crippen MR) is 95.2 cm³/mol. The van der Waals surface area contributed by atoms with Crippen molar-refractivity contribution in [3.8, 4) is 11.8 Å². The number of ether oxygens (including phenoxy) is 1. The van der Waals surface area contributed by atoms with Gasteiger partial charge in [-0.1, -0.05) is 42.5 Å². The Balaban J connectivity index is 1.93. The van der Waals surface area contributed by atoms with Gasteiger partial charge in [0.25, 0.3) is 0 Å². The van der Waals surface area contributed by atoms with Crippen LogP contribution in [0.5, 0.6) is 5.75 Å². The second kappa shape index (κ2) is 9.45. The van der Waals surface area contributed by atoms with E-state index in [2.05, 4.69) is 6.07 Å². The number of benzene rings is 2. The van der Waals surface area contributed by atoms with E-state index in [4.69, 9.17) is 15.1 Å². The van der Waals surface area contributed by atoms with E-state index in [1.807, 2.05) is 54.6 Å². The number of hydrogen-bond acceptors (Lipinski definition) is 4. The SMILES string of the molecule is CN(CC(=O)O)C(CC#N)Cc1ccc(OCc2ccccc2)cc1. The zero-order valence-electron chi connectivity index (χ0n) is 14.3. The molecular weight excluding hydrogens is 316 g/mol. The van der Waals surface area contributed by atoms with E-state index in [0.717, 1.165) is 16.9 Å². The molecule has 2 aromatic rings. The van der Waals surface area contributed by atoms with Crippen molar-refractivity contribution >= 4 is 5.97 Å². The number of nitrogens with zero attached hydrogens (tertiary/aromatic N) is 2. The van der Waals surface area contributed by atoms with E-state index in [1.165, 1.54) is 0 Å². The first kappa shape index (κ1) is 18.5. The van der Waals surface area contributed by atoms with Crippen LogP contribution >= 0.6 is 0 Å². The Hall–Kier alpha value is -2.84. The number of rotatable bonds is 9. The summed E-state index contributed by atoms with van der Waals surface area (Å²) in [5.41, 5.74) is 2.15. The van der Waals surface area contributed by atoms with Crippen LogP contribution in [0, 0.1) is 11.3 Å². The van der Waals surface area contributed by atoms with Crippen LogP contribution in [-0.4, -0.2) is 35.6 Å². The monoisotopic (exact) mass is 338 g/mol. The van der Waals surface area contributed by atoms with Crippen molar-refractivity contribution in [2.45, 2.75) is 25.5 Å². The van der Waals surface area contributed by atoms with Gasteiger partial charge < -0.3 is 9.84 Å². The van der Waals surface area contributed by atoms with Crippen molar-refractivity contribution in [1.29, 1.82) is 5.26 Å². The topological polar surface area (TPSA) is 73.6 Å². The Morgan fingerprint density at radius 3 is 2.44 bits per heavy atom. The largest absolute Gasteiger partial charge is 0.489 e. The molecule has 2 rings (SSSR count). The van der Waals surface area contributed by atoms with Gasteiger partial charge in [-0.2, -0.15) is 5.26 Å². The van der Waals surface area contributed by atoms with E-state index in [0.29, 0.717) is 13.0 Å². The molecule has 0 heterocycles. The average Bonchev–Trinajstić information content (AvgIpc) is 2.61. The number of carboxylic acids is 1. The van der Waals surface area contributed by atoms with E-state index in [9.17, 15) is 4.79 Å². The Morgan fingerprint density at radius 2 is 1.84 bits per heavy atom. The first-order chi connectivity index (χ1) is 12.1. The predicted octanol–water partition coefficient (Wildman–Crippen LogP) is 3.11. The standard InChI is InChI=1S/C20H22N2O3/c1-22(14-20(23)24)18(11-12-21)13-16-7-9-19(10-8-16)25-15-17-5-3-2-4-6-17/h2-10,18H,11,13-15H2,1H3,(H,23,24). The highest BCUT2D eigenvalue weighted by Crippen LogP contribution is 2.17. The molecule has 0 aliphatic rings. The third-order valence-electron chi connectivity index (χ3n) is 3.98. The molecule has 25 heavy (non-hydrogen) atoms. The van der Waals surface area contributed by atoms with Crippen LogP contribution < -0.4 is 4.74 Å². The lowest BCUT2D eigenvalue weighted by Crippen LogP contribution is -2.37. The van der Waals surface area contributed by atoms with Crippen LogP contribution in [0.15, 0.2) is 54.6 Å². The minimum absolute atomic E-state index is 0.0788. The summed E-state index contributed by atoms with van der Waals surface area (Å²) < 4.78 is 5.76. The summed E-state index contributed by atoms with van der Waals surface area (Å²) in [5, 5.41) is 17.9. The lowest BCUT2D eigenvalue weighted by molar-refractivity contribution is -0.138. The minimum Gasteiger partial charge on any atom is -0.489 e. The van der Waals surface area contributed by atoms with Gasteiger partial charge in [0.05, 0.1) is 19.0 Å². The van der Waals surface area contributed by atoms with Gasteiger partial charge in [-0.15, -0.1) is 0 Å². The molecule has 1 N–H and O–H groups in total. The van der Waals surface area contributed by atoms with Gasteiger partial charge in [0, 0.05) is 6.04 Å². The maximum absolute atomic E-state index is 10.9. The van der Waals surface area contributed by atoms with Gasteiger partial charge in [-0.3, -0.25) is 9.69 Å². The van der Waals surface area contributed by atoms with Crippen molar-refractivity contribution < 1.29 is 14.6 Å². The fourth-order valence-corrected chi connectivity index (χ4v) is 2.57. The highest BCUT2D eigenvalue weighted by molar-refractivity contribution is 5.69. The summed E-state index contributed by atoms with van der Waals surface area (Å²) in [6.45, 7) is 0.434. The first-order valence-corrected chi connectivity index (χ1v) is 8.13. The molecule has 2 aromatic carbocycles. The van der Waals surface area contributed by atoms with Gasteiger partial charge in [0.1, 0.15) is 12.4 Å². The Labute approximate surface area is 148 Å². The quantitative estimate of drug-likeness (QED) is 0.760. The first-order valence-electron chi connectivity index (χ1n) is 8.13. The third kappa shape index (κ3) is 6.28.